The highest BCUT2D eigenvalue weighted by Crippen LogP contribution is 2.48. The number of esters is 1. The van der Waals surface area contributed by atoms with E-state index in [1.54, 1.807) is 49.1 Å². The Bertz CT molecular complexity index is 1660. The van der Waals surface area contributed by atoms with Gasteiger partial charge in [-0.15, -0.1) is 0 Å². The molecule has 3 heterocycles. The molecule has 7 heteroatoms. The number of hydrogen-bond acceptors (Lipinski definition) is 6. The number of para-hydroxylation sites is 1. The molecule has 0 saturated heterocycles. The fourth-order valence-corrected chi connectivity index (χ4v) is 4.92. The number of allylic oxidation sites excluding steroid dienone is 1. The lowest BCUT2D eigenvalue weighted by Gasteiger charge is -2.26. The third-order valence-corrected chi connectivity index (χ3v) is 6.73. The van der Waals surface area contributed by atoms with Crippen molar-refractivity contribution in [2.45, 2.75) is 12.3 Å². The molecule has 0 saturated carbocycles. The highest BCUT2D eigenvalue weighted by molar-refractivity contribution is 6.15. The number of carbonyl (C=O) groups is 2. The number of methoxy groups -OCH3 is 1. The van der Waals surface area contributed by atoms with Gasteiger partial charge < -0.3 is 18.8 Å². The summed E-state index contributed by atoms with van der Waals surface area (Å²) in [6.07, 6.45) is 1.62. The van der Waals surface area contributed by atoms with Crippen molar-refractivity contribution in [2.24, 2.45) is 7.05 Å². The van der Waals surface area contributed by atoms with E-state index in [4.69, 9.17) is 14.2 Å². The number of aryl methyl sites for hydroxylation is 1. The molecule has 0 aliphatic carbocycles. The topological polar surface area (TPSA) is 83.8 Å². The van der Waals surface area contributed by atoms with Gasteiger partial charge in [0.05, 0.1) is 24.6 Å². The maximum absolute atomic E-state index is 13.4. The van der Waals surface area contributed by atoms with Gasteiger partial charge in [0, 0.05) is 24.1 Å². The molecule has 0 spiro atoms. The third-order valence-electron chi connectivity index (χ3n) is 6.73. The van der Waals surface area contributed by atoms with Crippen molar-refractivity contribution < 1.29 is 23.8 Å². The number of nitrogens with zero attached hydrogens (tertiary/aromatic N) is 1. The zero-order valence-corrected chi connectivity index (χ0v) is 19.6. The monoisotopic (exact) mass is 479 g/mol. The molecule has 0 bridgehead atoms. The van der Waals surface area contributed by atoms with Crippen LogP contribution in [0, 0.1) is 0 Å². The number of hydrogen-bond donors (Lipinski definition) is 0. The van der Waals surface area contributed by atoms with Gasteiger partial charge in [-0.3, -0.25) is 14.4 Å². The lowest BCUT2D eigenvalue weighted by Crippen LogP contribution is -2.29. The predicted molar refractivity (Wildman–Crippen MR) is 134 cm³/mol. The van der Waals surface area contributed by atoms with Crippen LogP contribution in [0.1, 0.15) is 39.4 Å². The van der Waals surface area contributed by atoms with E-state index in [0.29, 0.717) is 33.9 Å². The summed E-state index contributed by atoms with van der Waals surface area (Å²) in [5, 5.41) is 0.875. The summed E-state index contributed by atoms with van der Waals surface area (Å²) >= 11 is 0. The van der Waals surface area contributed by atoms with Gasteiger partial charge in [-0.05, 0) is 53.4 Å². The number of benzene rings is 3. The van der Waals surface area contributed by atoms with Crippen LogP contribution in [0.2, 0.25) is 0 Å². The van der Waals surface area contributed by atoms with Gasteiger partial charge in [-0.1, -0.05) is 30.3 Å². The van der Waals surface area contributed by atoms with Crippen LogP contribution in [0.4, 0.5) is 0 Å². The third kappa shape index (κ3) is 3.40. The maximum Gasteiger partial charge on any atom is 0.312 e. The second-order valence-corrected chi connectivity index (χ2v) is 8.82. The Morgan fingerprint density at radius 2 is 1.75 bits per heavy atom. The normalized spacial score (nSPS) is 17.5. The van der Waals surface area contributed by atoms with Crippen LogP contribution >= 0.6 is 0 Å². The zero-order valence-electron chi connectivity index (χ0n) is 19.6. The van der Waals surface area contributed by atoms with Crippen LogP contribution in [0.25, 0.3) is 17.0 Å². The van der Waals surface area contributed by atoms with E-state index in [1.807, 2.05) is 42.5 Å². The SMILES string of the molecule is COc1ccc(/C=C2\Oc3c(ccc4c3[C@H](c3cc5ccccc5n(C)c3=O)CC(=O)O4)C2=O)cc1. The average Bonchev–Trinajstić information content (AvgIpc) is 3.21. The minimum Gasteiger partial charge on any atom is -0.497 e. The summed E-state index contributed by atoms with van der Waals surface area (Å²) in [5.74, 6) is 0.147. The fourth-order valence-electron chi connectivity index (χ4n) is 4.92. The van der Waals surface area contributed by atoms with E-state index in [9.17, 15) is 14.4 Å². The van der Waals surface area contributed by atoms with Crippen molar-refractivity contribution >= 4 is 28.7 Å². The fraction of sp³-hybridized carbons (Fsp3) is 0.138. The van der Waals surface area contributed by atoms with Crippen LogP contribution in [0.5, 0.6) is 17.2 Å². The number of aromatic nitrogens is 1. The van der Waals surface area contributed by atoms with Gasteiger partial charge in [0.25, 0.3) is 5.56 Å². The number of fused-ring (bicyclic) bond motifs is 4. The number of ether oxygens (including phenoxy) is 3. The lowest BCUT2D eigenvalue weighted by molar-refractivity contribution is -0.135. The highest BCUT2D eigenvalue weighted by Gasteiger charge is 2.39. The van der Waals surface area contributed by atoms with Crippen LogP contribution < -0.4 is 19.8 Å². The van der Waals surface area contributed by atoms with Crippen molar-refractivity contribution in [3.63, 3.8) is 0 Å². The Balaban J connectivity index is 1.49. The lowest BCUT2D eigenvalue weighted by atomic mass is 9.84. The molecule has 36 heavy (non-hydrogen) atoms. The van der Waals surface area contributed by atoms with E-state index in [2.05, 4.69) is 0 Å². The summed E-state index contributed by atoms with van der Waals surface area (Å²) < 4.78 is 18.4. The largest absolute Gasteiger partial charge is 0.497 e. The second kappa shape index (κ2) is 8.23. The summed E-state index contributed by atoms with van der Waals surface area (Å²) in [4.78, 5) is 39.2. The molecular formula is C29H21NO6. The van der Waals surface area contributed by atoms with Crippen molar-refractivity contribution in [2.75, 3.05) is 7.11 Å². The number of ketones is 1. The van der Waals surface area contributed by atoms with Crippen molar-refractivity contribution in [3.8, 4) is 17.2 Å². The van der Waals surface area contributed by atoms with Crippen molar-refractivity contribution in [1.82, 2.24) is 4.57 Å². The van der Waals surface area contributed by atoms with Crippen LogP contribution in [-0.2, 0) is 11.8 Å². The number of rotatable bonds is 3. The molecule has 0 fully saturated rings. The predicted octanol–water partition coefficient (Wildman–Crippen LogP) is 4.60. The first-order valence-electron chi connectivity index (χ1n) is 11.5. The molecule has 3 aromatic carbocycles. The Morgan fingerprint density at radius 1 is 0.972 bits per heavy atom. The van der Waals surface area contributed by atoms with Gasteiger partial charge in [0.15, 0.2) is 5.76 Å². The van der Waals surface area contributed by atoms with Crippen molar-refractivity contribution in [3.05, 3.63) is 105 Å². The van der Waals surface area contributed by atoms with Crippen molar-refractivity contribution in [1.29, 1.82) is 0 Å². The van der Waals surface area contributed by atoms with E-state index in [1.165, 1.54) is 0 Å². The zero-order chi connectivity index (χ0) is 25.0. The summed E-state index contributed by atoms with van der Waals surface area (Å²) in [5.41, 5.74) is 2.70. The number of carbonyl (C=O) groups excluding carboxylic acids is 2. The first-order chi connectivity index (χ1) is 17.4. The standard InChI is InChI=1S/C29H21NO6/c1-30-22-6-4-3-5-17(22)14-21(29(30)33)20-15-25(31)35-23-12-11-19-27(32)24(36-28(19)26(20)23)13-16-7-9-18(34-2)10-8-16/h3-14,20H,15H2,1-2H3/b24-13-/t20-/m0/s1. The molecule has 1 aromatic heterocycles. The van der Waals surface area contributed by atoms with Gasteiger partial charge in [0.1, 0.15) is 17.2 Å². The highest BCUT2D eigenvalue weighted by atomic mass is 16.5. The van der Waals surface area contributed by atoms with Gasteiger partial charge in [0.2, 0.25) is 5.78 Å². The minimum absolute atomic E-state index is 0.0356. The molecule has 0 N–H and O–H groups in total. The Kier molecular flexibility index (Phi) is 5.00. The Morgan fingerprint density at radius 3 is 2.53 bits per heavy atom. The Labute approximate surface area is 206 Å². The van der Waals surface area contributed by atoms with Gasteiger partial charge in [-0.2, -0.15) is 0 Å². The number of pyridine rings is 1. The molecule has 6 rings (SSSR count). The van der Waals surface area contributed by atoms with Gasteiger partial charge >= 0.3 is 5.97 Å². The van der Waals surface area contributed by atoms with Crippen LogP contribution in [-0.4, -0.2) is 23.4 Å². The molecule has 2 aliphatic rings. The molecule has 0 radical (unpaired) electrons. The Hall–Kier alpha value is -4.65. The summed E-state index contributed by atoms with van der Waals surface area (Å²) in [6, 6.07) is 19.8. The first kappa shape index (κ1) is 21.9. The first-order valence-corrected chi connectivity index (χ1v) is 11.5. The van der Waals surface area contributed by atoms with E-state index in [-0.39, 0.29) is 23.5 Å². The van der Waals surface area contributed by atoms with E-state index < -0.39 is 11.9 Å². The van der Waals surface area contributed by atoms with E-state index >= 15 is 0 Å². The maximum atomic E-state index is 13.4. The van der Waals surface area contributed by atoms with Crippen LogP contribution in [0.15, 0.2) is 77.3 Å². The molecular weight excluding hydrogens is 458 g/mol. The molecule has 178 valence electrons. The molecule has 4 aromatic rings. The van der Waals surface area contributed by atoms with Crippen LogP contribution in [0.3, 0.4) is 0 Å². The van der Waals surface area contributed by atoms with Gasteiger partial charge in [-0.25, -0.2) is 0 Å². The molecule has 1 atom stereocenters. The molecule has 0 amide bonds. The molecule has 7 nitrogen and oxygen atoms in total. The quantitative estimate of drug-likeness (QED) is 0.243. The molecule has 0 unspecified atom stereocenters. The summed E-state index contributed by atoms with van der Waals surface area (Å²) in [6.45, 7) is 0. The molecule has 2 aliphatic heterocycles. The number of Topliss-reactive ketones (excluding diaryl/α,β-unsaturated/α-hetero) is 1. The minimum atomic E-state index is -0.618. The summed E-state index contributed by atoms with van der Waals surface area (Å²) in [7, 11) is 3.30. The second-order valence-electron chi connectivity index (χ2n) is 8.82. The van der Waals surface area contributed by atoms with E-state index in [0.717, 1.165) is 16.5 Å². The average molecular weight is 479 g/mol. The smallest absolute Gasteiger partial charge is 0.312 e.